The van der Waals surface area contributed by atoms with Crippen molar-refractivity contribution in [1.82, 2.24) is 9.71 Å². The Morgan fingerprint density at radius 3 is 2.56 bits per heavy atom. The molecule has 0 aromatic carbocycles. The summed E-state index contributed by atoms with van der Waals surface area (Å²) in [5, 5.41) is 8.90. The molecule has 1 aliphatic rings. The zero-order valence-electron chi connectivity index (χ0n) is 10.4. The van der Waals surface area contributed by atoms with E-state index in [-0.39, 0.29) is 17.2 Å². The average molecular weight is 270 g/mol. The largest absolute Gasteiger partial charge is 0.392 e. The minimum atomic E-state index is -3.57. The summed E-state index contributed by atoms with van der Waals surface area (Å²) in [5.41, 5.74) is 0.247. The number of rotatable bonds is 4. The van der Waals surface area contributed by atoms with Crippen LogP contribution in [0.15, 0.2) is 23.4 Å². The predicted molar refractivity (Wildman–Crippen MR) is 67.4 cm³/mol. The highest BCUT2D eigenvalue weighted by Crippen LogP contribution is 2.30. The summed E-state index contributed by atoms with van der Waals surface area (Å²) >= 11 is 0. The van der Waals surface area contributed by atoms with Crippen LogP contribution in [0.5, 0.6) is 0 Å². The van der Waals surface area contributed by atoms with Gasteiger partial charge in [0.05, 0.1) is 6.61 Å². The Morgan fingerprint density at radius 1 is 1.39 bits per heavy atom. The van der Waals surface area contributed by atoms with Crippen LogP contribution in [-0.2, 0) is 16.6 Å². The van der Waals surface area contributed by atoms with Crippen LogP contribution in [-0.4, -0.2) is 24.0 Å². The maximum absolute atomic E-state index is 12.2. The lowest BCUT2D eigenvalue weighted by atomic mass is 10.0. The number of pyridine rings is 1. The second-order valence-corrected chi connectivity index (χ2v) is 6.67. The van der Waals surface area contributed by atoms with Gasteiger partial charge in [-0.25, -0.2) is 18.1 Å². The molecule has 2 rings (SSSR count). The summed E-state index contributed by atoms with van der Waals surface area (Å²) < 4.78 is 27.0. The Morgan fingerprint density at radius 2 is 2.06 bits per heavy atom. The quantitative estimate of drug-likeness (QED) is 0.861. The predicted octanol–water partition coefficient (Wildman–Crippen LogP) is 1.18. The zero-order valence-corrected chi connectivity index (χ0v) is 11.2. The molecule has 1 aliphatic carbocycles. The minimum Gasteiger partial charge on any atom is -0.392 e. The molecule has 1 heterocycles. The molecule has 0 unspecified atom stereocenters. The second-order valence-electron chi connectivity index (χ2n) is 5.04. The molecular formula is C12H18N2O3S. The molecule has 18 heavy (non-hydrogen) atoms. The first-order chi connectivity index (χ1) is 8.45. The summed E-state index contributed by atoms with van der Waals surface area (Å²) in [4.78, 5) is 3.88. The van der Waals surface area contributed by atoms with Gasteiger partial charge in [-0.2, -0.15) is 0 Å². The fourth-order valence-corrected chi connectivity index (χ4v) is 3.69. The van der Waals surface area contributed by atoms with E-state index in [0.29, 0.717) is 5.56 Å². The number of aliphatic hydroxyl groups excluding tert-OH is 1. The Kier molecular flexibility index (Phi) is 3.70. The number of aromatic nitrogens is 1. The van der Waals surface area contributed by atoms with Gasteiger partial charge >= 0.3 is 0 Å². The van der Waals surface area contributed by atoms with Gasteiger partial charge in [-0.1, -0.05) is 18.9 Å². The fraction of sp³-hybridized carbons (Fsp3) is 0.583. The molecule has 0 radical (unpaired) electrons. The molecular weight excluding hydrogens is 252 g/mol. The van der Waals surface area contributed by atoms with E-state index in [0.717, 1.165) is 25.7 Å². The van der Waals surface area contributed by atoms with Crippen molar-refractivity contribution in [3.8, 4) is 0 Å². The number of aliphatic hydroxyl groups is 1. The van der Waals surface area contributed by atoms with Gasteiger partial charge in [0, 0.05) is 11.7 Å². The van der Waals surface area contributed by atoms with Crippen LogP contribution in [0.2, 0.25) is 0 Å². The Bertz CT molecular complexity index is 505. The van der Waals surface area contributed by atoms with Crippen LogP contribution < -0.4 is 4.72 Å². The van der Waals surface area contributed by atoms with Gasteiger partial charge in [0.1, 0.15) is 0 Å². The van der Waals surface area contributed by atoms with Gasteiger partial charge in [-0.15, -0.1) is 0 Å². The summed E-state index contributed by atoms with van der Waals surface area (Å²) in [6.07, 6.45) is 5.21. The molecule has 0 amide bonds. The summed E-state index contributed by atoms with van der Waals surface area (Å²) in [6.45, 7) is 1.79. The molecule has 1 saturated carbocycles. The maximum Gasteiger partial charge on any atom is 0.258 e. The van der Waals surface area contributed by atoms with Gasteiger partial charge < -0.3 is 5.11 Å². The van der Waals surface area contributed by atoms with Gasteiger partial charge in [-0.05, 0) is 31.4 Å². The molecule has 100 valence electrons. The van der Waals surface area contributed by atoms with Crippen LogP contribution >= 0.6 is 0 Å². The highest BCUT2D eigenvalue weighted by atomic mass is 32.2. The van der Waals surface area contributed by atoms with Crippen molar-refractivity contribution in [3.05, 3.63) is 23.9 Å². The molecule has 5 nitrogen and oxygen atoms in total. The van der Waals surface area contributed by atoms with E-state index in [2.05, 4.69) is 9.71 Å². The van der Waals surface area contributed by atoms with Crippen molar-refractivity contribution in [2.45, 2.75) is 49.8 Å². The van der Waals surface area contributed by atoms with Crippen LogP contribution in [0, 0.1) is 0 Å². The average Bonchev–Trinajstić information content (AvgIpc) is 2.75. The molecule has 0 bridgehead atoms. The van der Waals surface area contributed by atoms with E-state index >= 15 is 0 Å². The van der Waals surface area contributed by atoms with Crippen LogP contribution in [0.4, 0.5) is 0 Å². The first kappa shape index (κ1) is 13.5. The van der Waals surface area contributed by atoms with Crippen molar-refractivity contribution in [2.75, 3.05) is 0 Å². The lowest BCUT2D eigenvalue weighted by Crippen LogP contribution is -2.43. The van der Waals surface area contributed by atoms with Crippen molar-refractivity contribution in [3.63, 3.8) is 0 Å². The molecule has 2 N–H and O–H groups in total. The fourth-order valence-electron chi connectivity index (χ4n) is 2.30. The maximum atomic E-state index is 12.2. The highest BCUT2D eigenvalue weighted by Gasteiger charge is 2.33. The van der Waals surface area contributed by atoms with Gasteiger partial charge in [-0.3, -0.25) is 0 Å². The molecule has 6 heteroatoms. The summed E-state index contributed by atoms with van der Waals surface area (Å²) in [7, 11) is -3.57. The van der Waals surface area contributed by atoms with Gasteiger partial charge in [0.15, 0.2) is 5.03 Å². The topological polar surface area (TPSA) is 79.3 Å². The van der Waals surface area contributed by atoms with Crippen LogP contribution in [0.3, 0.4) is 0 Å². The van der Waals surface area contributed by atoms with E-state index in [1.54, 1.807) is 6.07 Å². The smallest absolute Gasteiger partial charge is 0.258 e. The first-order valence-electron chi connectivity index (χ1n) is 6.05. The number of hydrogen-bond acceptors (Lipinski definition) is 4. The van der Waals surface area contributed by atoms with E-state index in [9.17, 15) is 8.42 Å². The Balaban J connectivity index is 2.19. The van der Waals surface area contributed by atoms with Crippen LogP contribution in [0.1, 0.15) is 38.2 Å². The standard InChI is InChI=1S/C12H18N2O3S/c1-12(6-2-3-7-12)14-18(16,17)11-5-4-10(9-15)8-13-11/h4-5,8,14-15H,2-3,6-7,9H2,1H3. The molecule has 0 aliphatic heterocycles. The van der Waals surface area contributed by atoms with E-state index in [4.69, 9.17) is 5.11 Å². The molecule has 0 atom stereocenters. The molecule has 1 aromatic rings. The van der Waals surface area contributed by atoms with E-state index in [1.165, 1.54) is 12.3 Å². The molecule has 0 spiro atoms. The molecule has 1 aromatic heterocycles. The van der Waals surface area contributed by atoms with Crippen molar-refractivity contribution >= 4 is 10.0 Å². The lowest BCUT2D eigenvalue weighted by Gasteiger charge is -2.24. The molecule has 1 fully saturated rings. The third kappa shape index (κ3) is 2.88. The third-order valence-electron chi connectivity index (χ3n) is 3.34. The van der Waals surface area contributed by atoms with Crippen molar-refractivity contribution in [1.29, 1.82) is 0 Å². The van der Waals surface area contributed by atoms with Gasteiger partial charge in [0.25, 0.3) is 10.0 Å². The van der Waals surface area contributed by atoms with Crippen LogP contribution in [0.25, 0.3) is 0 Å². The zero-order chi connectivity index (χ0) is 13.2. The number of hydrogen-bond donors (Lipinski definition) is 2. The lowest BCUT2D eigenvalue weighted by molar-refractivity contribution is 0.281. The Hall–Kier alpha value is -0.980. The Labute approximate surface area is 107 Å². The minimum absolute atomic E-state index is 0.00725. The number of nitrogens with zero attached hydrogens (tertiary/aromatic N) is 1. The van der Waals surface area contributed by atoms with Crippen molar-refractivity contribution in [2.24, 2.45) is 0 Å². The van der Waals surface area contributed by atoms with E-state index in [1.807, 2.05) is 6.92 Å². The highest BCUT2D eigenvalue weighted by molar-refractivity contribution is 7.89. The van der Waals surface area contributed by atoms with E-state index < -0.39 is 10.0 Å². The van der Waals surface area contributed by atoms with Gasteiger partial charge in [0.2, 0.25) is 0 Å². The summed E-state index contributed by atoms with van der Waals surface area (Å²) in [5.74, 6) is 0. The third-order valence-corrected chi connectivity index (χ3v) is 4.90. The molecule has 0 saturated heterocycles. The number of sulfonamides is 1. The van der Waals surface area contributed by atoms with Crippen molar-refractivity contribution < 1.29 is 13.5 Å². The first-order valence-corrected chi connectivity index (χ1v) is 7.53. The summed E-state index contributed by atoms with van der Waals surface area (Å²) in [6, 6.07) is 2.99. The SMILES string of the molecule is CC1(NS(=O)(=O)c2ccc(CO)cn2)CCCC1. The monoisotopic (exact) mass is 270 g/mol. The second kappa shape index (κ2) is 4.95. The normalized spacial score (nSPS) is 19.0. The number of nitrogens with one attached hydrogen (secondary N) is 1.